The molecule has 2 N–H and O–H groups in total. The van der Waals surface area contributed by atoms with E-state index in [-0.39, 0.29) is 41.4 Å². The summed E-state index contributed by atoms with van der Waals surface area (Å²) in [6.07, 6.45) is -0.292. The summed E-state index contributed by atoms with van der Waals surface area (Å²) in [6, 6.07) is 1.94. The topological polar surface area (TPSA) is 127 Å². The Labute approximate surface area is 200 Å². The van der Waals surface area contributed by atoms with Gasteiger partial charge in [-0.25, -0.2) is 18.1 Å². The lowest BCUT2D eigenvalue weighted by atomic mass is 9.93. The van der Waals surface area contributed by atoms with Gasteiger partial charge in [0.1, 0.15) is 4.90 Å². The highest BCUT2D eigenvalue weighted by Gasteiger charge is 2.45. The highest BCUT2D eigenvalue weighted by Crippen LogP contribution is 2.33. The molecule has 4 atom stereocenters. The van der Waals surface area contributed by atoms with E-state index in [9.17, 15) is 17.2 Å². The van der Waals surface area contributed by atoms with Gasteiger partial charge in [-0.3, -0.25) is 4.40 Å². The Bertz CT molecular complexity index is 1350. The van der Waals surface area contributed by atoms with Crippen molar-refractivity contribution in [3.8, 4) is 11.7 Å². The Balaban J connectivity index is 1.65. The Kier molecular flexibility index (Phi) is 5.81. The van der Waals surface area contributed by atoms with Gasteiger partial charge in [-0.05, 0) is 33.8 Å². The predicted molar refractivity (Wildman–Crippen MR) is 122 cm³/mol. The molecule has 2 aliphatic heterocycles. The van der Waals surface area contributed by atoms with Gasteiger partial charge in [0.2, 0.25) is 15.8 Å². The average Bonchev–Trinajstić information content (AvgIpc) is 3.43. The molecule has 5 heterocycles. The zero-order chi connectivity index (χ0) is 25.1. The normalized spacial score (nSPS) is 27.5. The largest absolute Gasteiger partial charge is 0.412 e. The summed E-state index contributed by atoms with van der Waals surface area (Å²) in [7, 11) is -3.98. The van der Waals surface area contributed by atoms with Crippen molar-refractivity contribution >= 4 is 21.2 Å². The summed E-state index contributed by atoms with van der Waals surface area (Å²) in [5.41, 5.74) is 0.481. The smallest absolute Gasteiger partial charge is 0.314 e. The standard InChI is InChI=1S/C21H27F2N7O4S/c1-11-7-29(8-12(2)25-11)15-5-14(35(31,32)28-21(4)10-33-13(21)3)9-30-16(15)6-24-18(30)20-27-26-19(34-20)17(22)23/h5-6,9,11-13,17,25,28H,7-8,10H2,1-4H3/t11-,12-,13?,21?/m0/s1. The number of fused-ring (bicyclic) bond motifs is 1. The summed E-state index contributed by atoms with van der Waals surface area (Å²) >= 11 is 0. The predicted octanol–water partition coefficient (Wildman–Crippen LogP) is 1.96. The number of imidazole rings is 1. The molecule has 0 saturated carbocycles. The number of nitrogens with one attached hydrogen (secondary N) is 2. The van der Waals surface area contributed by atoms with Crippen LogP contribution in [0.4, 0.5) is 14.5 Å². The molecule has 35 heavy (non-hydrogen) atoms. The lowest BCUT2D eigenvalue weighted by Gasteiger charge is -2.45. The van der Waals surface area contributed by atoms with Crippen molar-refractivity contribution in [3.05, 3.63) is 24.4 Å². The summed E-state index contributed by atoms with van der Waals surface area (Å²) in [4.78, 5) is 6.39. The molecule has 190 valence electrons. The van der Waals surface area contributed by atoms with Crippen molar-refractivity contribution in [1.29, 1.82) is 0 Å². The molecular weight excluding hydrogens is 484 g/mol. The van der Waals surface area contributed by atoms with Crippen LogP contribution >= 0.6 is 0 Å². The molecule has 2 fully saturated rings. The summed E-state index contributed by atoms with van der Waals surface area (Å²) in [5.74, 6) is -0.997. The van der Waals surface area contributed by atoms with Crippen molar-refractivity contribution in [1.82, 2.24) is 29.6 Å². The van der Waals surface area contributed by atoms with Gasteiger partial charge in [-0.1, -0.05) is 0 Å². The second-order valence-electron chi connectivity index (χ2n) is 9.49. The van der Waals surface area contributed by atoms with Crippen molar-refractivity contribution in [2.24, 2.45) is 0 Å². The van der Waals surface area contributed by atoms with E-state index in [4.69, 9.17) is 9.15 Å². The number of ether oxygens (including phenoxy) is 1. The Morgan fingerprint density at radius 1 is 1.23 bits per heavy atom. The quantitative estimate of drug-likeness (QED) is 0.511. The third-order valence-electron chi connectivity index (χ3n) is 6.52. The van der Waals surface area contributed by atoms with Crippen LogP contribution in [0.1, 0.15) is 40.0 Å². The molecule has 2 saturated heterocycles. The van der Waals surface area contributed by atoms with E-state index in [0.717, 1.165) is 0 Å². The maximum Gasteiger partial charge on any atom is 0.314 e. The summed E-state index contributed by atoms with van der Waals surface area (Å²) in [6.45, 7) is 9.20. The Morgan fingerprint density at radius 3 is 2.51 bits per heavy atom. The second-order valence-corrected chi connectivity index (χ2v) is 11.2. The lowest BCUT2D eigenvalue weighted by Crippen LogP contribution is -2.65. The van der Waals surface area contributed by atoms with E-state index in [1.54, 1.807) is 26.1 Å². The third-order valence-corrected chi connectivity index (χ3v) is 8.10. The number of hydrogen-bond donors (Lipinski definition) is 2. The molecule has 0 aliphatic carbocycles. The van der Waals surface area contributed by atoms with E-state index in [0.29, 0.717) is 24.3 Å². The molecule has 2 aliphatic rings. The number of anilines is 1. The van der Waals surface area contributed by atoms with Crippen LogP contribution in [0.25, 0.3) is 17.2 Å². The number of piperazine rings is 1. The maximum absolute atomic E-state index is 13.5. The van der Waals surface area contributed by atoms with Crippen LogP contribution in [0.15, 0.2) is 27.8 Å². The number of halogens is 2. The fourth-order valence-electron chi connectivity index (χ4n) is 4.53. The van der Waals surface area contributed by atoms with Crippen LogP contribution in [0.2, 0.25) is 0 Å². The van der Waals surface area contributed by atoms with Crippen LogP contribution in [-0.4, -0.2) is 71.4 Å². The number of aromatic nitrogens is 4. The highest BCUT2D eigenvalue weighted by atomic mass is 32.2. The zero-order valence-corrected chi connectivity index (χ0v) is 20.5. The van der Waals surface area contributed by atoms with Crippen LogP contribution in [0.3, 0.4) is 0 Å². The third kappa shape index (κ3) is 4.28. The first-order valence-corrected chi connectivity index (χ1v) is 12.7. The molecule has 0 amide bonds. The van der Waals surface area contributed by atoms with Crippen LogP contribution in [-0.2, 0) is 14.8 Å². The molecule has 3 aromatic rings. The first-order valence-electron chi connectivity index (χ1n) is 11.3. The van der Waals surface area contributed by atoms with Crippen molar-refractivity contribution in [3.63, 3.8) is 0 Å². The summed E-state index contributed by atoms with van der Waals surface area (Å²) in [5, 5.41) is 10.5. The number of hydrogen-bond acceptors (Lipinski definition) is 9. The lowest BCUT2D eigenvalue weighted by molar-refractivity contribution is -0.120. The van der Waals surface area contributed by atoms with Gasteiger partial charge in [0.25, 0.3) is 11.8 Å². The minimum Gasteiger partial charge on any atom is -0.412 e. The Morgan fingerprint density at radius 2 is 1.94 bits per heavy atom. The minimum absolute atomic E-state index is 0.00740. The number of sulfonamides is 1. The van der Waals surface area contributed by atoms with Crippen LogP contribution in [0, 0.1) is 0 Å². The van der Waals surface area contributed by atoms with Crippen molar-refractivity contribution in [2.75, 3.05) is 24.6 Å². The maximum atomic E-state index is 13.5. The minimum atomic E-state index is -3.98. The summed E-state index contributed by atoms with van der Waals surface area (Å²) < 4.78 is 67.7. The molecule has 0 spiro atoms. The van der Waals surface area contributed by atoms with Gasteiger partial charge in [-0.15, -0.1) is 10.2 Å². The average molecular weight is 512 g/mol. The molecule has 14 heteroatoms. The monoisotopic (exact) mass is 511 g/mol. The van der Waals surface area contributed by atoms with Crippen molar-refractivity contribution in [2.45, 2.75) is 62.7 Å². The highest BCUT2D eigenvalue weighted by molar-refractivity contribution is 7.89. The molecule has 0 radical (unpaired) electrons. The van der Waals surface area contributed by atoms with Gasteiger partial charge < -0.3 is 19.4 Å². The van der Waals surface area contributed by atoms with Gasteiger partial charge >= 0.3 is 6.43 Å². The van der Waals surface area contributed by atoms with E-state index in [1.807, 2.05) is 13.8 Å². The molecule has 11 nitrogen and oxygen atoms in total. The van der Waals surface area contributed by atoms with E-state index in [1.165, 1.54) is 10.6 Å². The van der Waals surface area contributed by atoms with Crippen LogP contribution in [0.5, 0.6) is 0 Å². The molecule has 3 aromatic heterocycles. The number of alkyl halides is 2. The van der Waals surface area contributed by atoms with Crippen LogP contribution < -0.4 is 14.9 Å². The molecule has 0 aromatic carbocycles. The molecule has 5 rings (SSSR count). The van der Waals surface area contributed by atoms with Gasteiger partial charge in [0.15, 0.2) is 0 Å². The number of pyridine rings is 1. The van der Waals surface area contributed by atoms with Crippen molar-refractivity contribution < 1.29 is 26.4 Å². The fourth-order valence-corrected chi connectivity index (χ4v) is 6.00. The zero-order valence-electron chi connectivity index (χ0n) is 19.7. The fraction of sp³-hybridized carbons (Fsp3) is 0.571. The van der Waals surface area contributed by atoms with E-state index in [2.05, 4.69) is 30.1 Å². The second kappa shape index (κ2) is 8.47. The Hall–Kier alpha value is -2.68. The number of rotatable bonds is 6. The first kappa shape index (κ1) is 24.0. The molecule has 0 bridgehead atoms. The number of nitrogens with zero attached hydrogens (tertiary/aromatic N) is 5. The molecule has 2 unspecified atom stereocenters. The van der Waals surface area contributed by atoms with Gasteiger partial charge in [-0.2, -0.15) is 8.78 Å². The van der Waals surface area contributed by atoms with Gasteiger partial charge in [0.05, 0.1) is 35.7 Å². The first-order chi connectivity index (χ1) is 16.5. The molecular formula is C21H27F2N7O4S. The van der Waals surface area contributed by atoms with E-state index < -0.39 is 27.9 Å². The SMILES string of the molecule is CC1OCC1(C)NS(=O)(=O)c1cc(N2C[C@H](C)N[C@@H](C)C2)c2cnc(-c3nnc(C(F)F)o3)n2c1. The van der Waals surface area contributed by atoms with Gasteiger partial charge in [0, 0.05) is 31.4 Å². The van der Waals surface area contributed by atoms with E-state index >= 15 is 0 Å².